The summed E-state index contributed by atoms with van der Waals surface area (Å²) in [5, 5.41) is 4.62. The Hall–Kier alpha value is -3.72. The van der Waals surface area contributed by atoms with E-state index < -0.39 is 0 Å². The molecule has 3 heteroatoms. The largest absolute Gasteiger partial charge is 0.454 e. The zero-order chi connectivity index (χ0) is 21.2. The molecule has 31 heavy (non-hydrogen) atoms. The molecule has 1 aliphatic rings. The molecule has 1 aliphatic carbocycles. The molecular weight excluding hydrogens is 380 g/mol. The van der Waals surface area contributed by atoms with Crippen LogP contribution in [0.2, 0.25) is 0 Å². The van der Waals surface area contributed by atoms with Crippen molar-refractivity contribution >= 4 is 39.7 Å². The molecule has 0 radical (unpaired) electrons. The number of hydrogen-bond donors (Lipinski definition) is 0. The molecule has 152 valence electrons. The fraction of sp³-hybridized carbons (Fsp3) is 0.143. The topological polar surface area (TPSA) is 37.9 Å². The van der Waals surface area contributed by atoms with Crippen LogP contribution >= 0.6 is 0 Å². The van der Waals surface area contributed by atoms with Crippen molar-refractivity contribution in [2.24, 2.45) is 15.9 Å². The van der Waals surface area contributed by atoms with E-state index in [0.29, 0.717) is 11.7 Å². The van der Waals surface area contributed by atoms with Crippen molar-refractivity contribution < 1.29 is 4.42 Å². The first kappa shape index (κ1) is 19.3. The zero-order valence-electron chi connectivity index (χ0n) is 17.7. The molecule has 0 amide bonds. The van der Waals surface area contributed by atoms with Crippen molar-refractivity contribution in [2.45, 2.75) is 20.3 Å². The van der Waals surface area contributed by atoms with Gasteiger partial charge in [-0.15, -0.1) is 0 Å². The quantitative estimate of drug-likeness (QED) is 0.254. The van der Waals surface area contributed by atoms with Gasteiger partial charge in [0.25, 0.3) is 0 Å². The first-order valence-electron chi connectivity index (χ1n) is 10.6. The Balaban J connectivity index is 1.47. The van der Waals surface area contributed by atoms with Gasteiger partial charge in [-0.2, -0.15) is 0 Å². The first-order chi connectivity index (χ1) is 15.2. The summed E-state index contributed by atoms with van der Waals surface area (Å²) >= 11 is 0. The lowest BCUT2D eigenvalue weighted by Gasteiger charge is -2.16. The van der Waals surface area contributed by atoms with Crippen LogP contribution in [-0.2, 0) is 0 Å². The van der Waals surface area contributed by atoms with Gasteiger partial charge in [-0.3, -0.25) is 9.98 Å². The van der Waals surface area contributed by atoms with E-state index in [4.69, 9.17) is 14.4 Å². The number of aliphatic imine (C=N–C) groups is 2. The van der Waals surface area contributed by atoms with Crippen LogP contribution in [0, 0.1) is 5.92 Å². The highest BCUT2D eigenvalue weighted by Gasteiger charge is 2.12. The average molecular weight is 405 g/mol. The van der Waals surface area contributed by atoms with Crippen molar-refractivity contribution in [3.63, 3.8) is 0 Å². The summed E-state index contributed by atoms with van der Waals surface area (Å²) in [6, 6.07) is 22.8. The summed E-state index contributed by atoms with van der Waals surface area (Å²) in [4.78, 5) is 9.53. The van der Waals surface area contributed by atoms with Crippen LogP contribution < -0.4 is 0 Å². The summed E-state index contributed by atoms with van der Waals surface area (Å²) in [6.07, 6.45) is 8.97. The summed E-state index contributed by atoms with van der Waals surface area (Å²) in [5.41, 5.74) is 3.30. The summed E-state index contributed by atoms with van der Waals surface area (Å²) in [6.45, 7) is 4.31. The lowest BCUT2D eigenvalue weighted by molar-refractivity contribution is 0.553. The highest BCUT2D eigenvalue weighted by molar-refractivity contribution is 6.10. The Morgan fingerprint density at radius 2 is 1.45 bits per heavy atom. The molecule has 0 saturated carbocycles. The van der Waals surface area contributed by atoms with Crippen LogP contribution in [0.4, 0.5) is 5.69 Å². The minimum absolute atomic E-state index is 0.428. The molecular formula is C28H24N2O. The predicted molar refractivity (Wildman–Crippen MR) is 131 cm³/mol. The molecule has 1 heterocycles. The second-order valence-electron chi connectivity index (χ2n) is 8.03. The summed E-state index contributed by atoms with van der Waals surface area (Å²) in [7, 11) is 0. The van der Waals surface area contributed by atoms with Gasteiger partial charge in [-0.25, -0.2) is 0 Å². The molecule has 1 atom stereocenters. The fourth-order valence-electron chi connectivity index (χ4n) is 4.16. The molecule has 1 aromatic heterocycles. The van der Waals surface area contributed by atoms with Gasteiger partial charge >= 0.3 is 0 Å². The van der Waals surface area contributed by atoms with E-state index in [2.05, 4.69) is 80.6 Å². The van der Waals surface area contributed by atoms with Crippen molar-refractivity contribution in [3.05, 3.63) is 102 Å². The number of fused-ring (bicyclic) bond motifs is 2. The lowest BCUT2D eigenvalue weighted by Crippen LogP contribution is -2.02. The molecule has 5 rings (SSSR count). The van der Waals surface area contributed by atoms with Gasteiger partial charge < -0.3 is 4.42 Å². The molecule has 0 saturated heterocycles. The van der Waals surface area contributed by atoms with Gasteiger partial charge in [-0.1, -0.05) is 67.6 Å². The third-order valence-corrected chi connectivity index (χ3v) is 5.77. The highest BCUT2D eigenvalue weighted by atomic mass is 16.3. The second-order valence-corrected chi connectivity index (χ2v) is 8.03. The molecule has 0 bridgehead atoms. The van der Waals surface area contributed by atoms with Gasteiger partial charge in [0.2, 0.25) is 0 Å². The fourth-order valence-corrected chi connectivity index (χ4v) is 4.16. The van der Waals surface area contributed by atoms with E-state index >= 15 is 0 Å². The minimum atomic E-state index is 0.428. The minimum Gasteiger partial charge on any atom is -0.454 e. The van der Waals surface area contributed by atoms with Crippen LogP contribution in [0.5, 0.6) is 0 Å². The van der Waals surface area contributed by atoms with Crippen molar-refractivity contribution in [2.75, 3.05) is 0 Å². The molecule has 4 aromatic rings. The number of nitrogens with zero attached hydrogens (tertiary/aromatic N) is 2. The smallest absolute Gasteiger partial charge is 0.145 e. The maximum absolute atomic E-state index is 5.95. The van der Waals surface area contributed by atoms with Crippen LogP contribution in [0.15, 0.2) is 105 Å². The first-order valence-corrected chi connectivity index (χ1v) is 10.6. The third-order valence-electron chi connectivity index (χ3n) is 5.77. The van der Waals surface area contributed by atoms with Crippen LogP contribution in [0.25, 0.3) is 21.5 Å². The van der Waals surface area contributed by atoms with Crippen molar-refractivity contribution in [1.29, 1.82) is 0 Å². The van der Waals surface area contributed by atoms with Crippen LogP contribution in [-0.4, -0.2) is 12.4 Å². The number of benzene rings is 3. The summed E-state index contributed by atoms with van der Waals surface area (Å²) in [5.74, 6) is 1.86. The number of allylic oxidation sites excluding steroid dienone is 4. The Morgan fingerprint density at radius 3 is 2.10 bits per heavy atom. The normalized spacial score (nSPS) is 17.0. The molecule has 0 fully saturated rings. The summed E-state index contributed by atoms with van der Waals surface area (Å²) < 4.78 is 5.95. The monoisotopic (exact) mass is 404 g/mol. The molecule has 0 N–H and O–H groups in total. The molecule has 0 spiro atoms. The zero-order valence-corrected chi connectivity index (χ0v) is 17.7. The van der Waals surface area contributed by atoms with Gasteiger partial charge in [0, 0.05) is 22.4 Å². The van der Waals surface area contributed by atoms with Gasteiger partial charge in [0.1, 0.15) is 11.5 Å². The van der Waals surface area contributed by atoms with E-state index in [-0.39, 0.29) is 0 Å². The number of rotatable bonds is 4. The lowest BCUT2D eigenvalue weighted by atomic mass is 9.95. The van der Waals surface area contributed by atoms with Crippen molar-refractivity contribution in [3.8, 4) is 0 Å². The Morgan fingerprint density at radius 1 is 0.839 bits per heavy atom. The molecule has 3 aromatic carbocycles. The number of furan rings is 1. The highest BCUT2D eigenvalue weighted by Crippen LogP contribution is 2.35. The molecule has 1 unspecified atom stereocenters. The van der Waals surface area contributed by atoms with Gasteiger partial charge in [0.15, 0.2) is 0 Å². The van der Waals surface area contributed by atoms with E-state index in [0.717, 1.165) is 34.3 Å². The van der Waals surface area contributed by atoms with E-state index in [1.807, 2.05) is 12.1 Å². The Kier molecular flexibility index (Phi) is 5.09. The molecule has 0 aliphatic heterocycles. The van der Waals surface area contributed by atoms with E-state index in [1.165, 1.54) is 16.3 Å². The Labute approximate surface area is 182 Å². The number of hydrogen-bond acceptors (Lipinski definition) is 3. The third kappa shape index (κ3) is 3.87. The van der Waals surface area contributed by atoms with Crippen molar-refractivity contribution in [1.82, 2.24) is 0 Å². The van der Waals surface area contributed by atoms with E-state index in [9.17, 15) is 0 Å². The second kappa shape index (κ2) is 8.19. The predicted octanol–water partition coefficient (Wildman–Crippen LogP) is 7.63. The average Bonchev–Trinajstić information content (AvgIpc) is 3.24. The Bertz CT molecular complexity index is 1330. The van der Waals surface area contributed by atoms with E-state index in [1.54, 1.807) is 12.4 Å². The molecule has 3 nitrogen and oxygen atoms in total. The van der Waals surface area contributed by atoms with Gasteiger partial charge in [0.05, 0.1) is 18.1 Å². The van der Waals surface area contributed by atoms with Gasteiger partial charge in [-0.05, 0) is 47.9 Å². The van der Waals surface area contributed by atoms with Crippen LogP contribution in [0.3, 0.4) is 0 Å². The maximum Gasteiger partial charge on any atom is 0.145 e. The maximum atomic E-state index is 5.95. The van der Waals surface area contributed by atoms with Crippen LogP contribution in [0.1, 0.15) is 31.8 Å². The SMILES string of the molecule is CC1=C(N=Cc2ccc(C=Nc3c4ccccc4cc4ccccc34)o2)C(C)CC=C1. The standard InChI is InChI=1S/C28H24N2O/c1-19-8-7-9-20(2)27(19)29-17-23-14-15-24(31-23)18-30-28-25-12-5-3-10-21(25)16-22-11-4-6-13-26(22)28/h3-8,10-18,20H,9H2,1-2H3.